The van der Waals surface area contributed by atoms with Crippen molar-refractivity contribution in [2.24, 2.45) is 5.73 Å². The average Bonchev–Trinajstić information content (AvgIpc) is 3.14. The van der Waals surface area contributed by atoms with Crippen molar-refractivity contribution in [1.29, 1.82) is 0 Å². The normalized spacial score (nSPS) is 17.2. The van der Waals surface area contributed by atoms with Crippen LogP contribution < -0.4 is 10.6 Å². The second kappa shape index (κ2) is 6.65. The standard InChI is InChI=1S/C17H19Cl2N5OS/c1-17(20)5-7-23(8-6-17)14-12(9-25)24-16(21-14)26-15(22-24)10-3-2-4-11(18)13(10)19/h2-4,25H,5-9,20H2,1H3. The van der Waals surface area contributed by atoms with Crippen molar-refractivity contribution in [3.63, 3.8) is 0 Å². The lowest BCUT2D eigenvalue weighted by atomic mass is 9.91. The molecule has 0 radical (unpaired) electrons. The first-order chi connectivity index (χ1) is 12.4. The summed E-state index contributed by atoms with van der Waals surface area (Å²) in [5.74, 6) is 0.783. The molecule has 0 aliphatic carbocycles. The Morgan fingerprint density at radius 1 is 1.31 bits per heavy atom. The van der Waals surface area contributed by atoms with E-state index in [1.165, 1.54) is 11.3 Å². The van der Waals surface area contributed by atoms with Gasteiger partial charge in [0.15, 0.2) is 5.82 Å². The third-order valence-electron chi connectivity index (χ3n) is 4.81. The van der Waals surface area contributed by atoms with Crippen LogP contribution in [-0.4, -0.2) is 38.3 Å². The number of imidazole rings is 1. The van der Waals surface area contributed by atoms with Crippen LogP contribution in [-0.2, 0) is 6.61 Å². The molecule has 1 aliphatic rings. The summed E-state index contributed by atoms with van der Waals surface area (Å²) in [6, 6.07) is 5.45. The Hall–Kier alpha value is -1.38. The molecule has 6 nitrogen and oxygen atoms in total. The minimum Gasteiger partial charge on any atom is -0.390 e. The van der Waals surface area contributed by atoms with Crippen LogP contribution >= 0.6 is 34.5 Å². The van der Waals surface area contributed by atoms with E-state index in [1.54, 1.807) is 10.6 Å². The monoisotopic (exact) mass is 411 g/mol. The van der Waals surface area contributed by atoms with Crippen LogP contribution in [0.3, 0.4) is 0 Å². The van der Waals surface area contributed by atoms with Crippen molar-refractivity contribution < 1.29 is 5.11 Å². The molecule has 0 spiro atoms. The summed E-state index contributed by atoms with van der Waals surface area (Å²) in [7, 11) is 0. The maximum absolute atomic E-state index is 9.92. The lowest BCUT2D eigenvalue weighted by molar-refractivity contribution is 0.274. The van der Waals surface area contributed by atoms with Gasteiger partial charge in [-0.25, -0.2) is 4.52 Å². The molecule has 1 aromatic carbocycles. The van der Waals surface area contributed by atoms with Gasteiger partial charge < -0.3 is 15.7 Å². The first-order valence-corrected chi connectivity index (χ1v) is 9.94. The highest BCUT2D eigenvalue weighted by Crippen LogP contribution is 2.37. The number of aliphatic hydroxyl groups is 1. The summed E-state index contributed by atoms with van der Waals surface area (Å²) in [5, 5.41) is 16.2. The summed E-state index contributed by atoms with van der Waals surface area (Å²) >= 11 is 13.8. The number of fused-ring (bicyclic) bond motifs is 1. The van der Waals surface area contributed by atoms with Gasteiger partial charge >= 0.3 is 0 Å². The molecule has 4 rings (SSSR count). The van der Waals surface area contributed by atoms with Crippen molar-refractivity contribution in [3.05, 3.63) is 33.9 Å². The minimum absolute atomic E-state index is 0.137. The number of nitrogens with zero attached hydrogens (tertiary/aromatic N) is 4. The minimum atomic E-state index is -0.140. The number of hydrogen-bond donors (Lipinski definition) is 2. The van der Waals surface area contributed by atoms with Crippen LogP contribution in [0, 0.1) is 0 Å². The third-order valence-corrected chi connectivity index (χ3v) is 6.57. The van der Waals surface area contributed by atoms with E-state index in [9.17, 15) is 5.11 Å². The first kappa shape index (κ1) is 18.0. The number of aromatic nitrogens is 3. The van der Waals surface area contributed by atoms with Crippen LogP contribution in [0.5, 0.6) is 0 Å². The second-order valence-electron chi connectivity index (χ2n) is 6.88. The Kier molecular flexibility index (Phi) is 4.61. The molecule has 1 aliphatic heterocycles. The Morgan fingerprint density at radius 2 is 2.04 bits per heavy atom. The van der Waals surface area contributed by atoms with E-state index in [0.717, 1.165) is 47.3 Å². The molecular formula is C17H19Cl2N5OS. The van der Waals surface area contributed by atoms with Crippen LogP contribution in [0.15, 0.2) is 18.2 Å². The van der Waals surface area contributed by atoms with E-state index in [-0.39, 0.29) is 12.1 Å². The lowest BCUT2D eigenvalue weighted by Crippen LogP contribution is -2.48. The molecule has 0 saturated carbocycles. The van der Waals surface area contributed by atoms with Crippen molar-refractivity contribution in [3.8, 4) is 10.6 Å². The number of nitrogens with two attached hydrogens (primary N) is 1. The number of piperidine rings is 1. The summed E-state index contributed by atoms with van der Waals surface area (Å²) in [4.78, 5) is 7.61. The Labute approximate surface area is 165 Å². The van der Waals surface area contributed by atoms with Crippen molar-refractivity contribution >= 4 is 45.3 Å². The number of halogens is 2. The van der Waals surface area contributed by atoms with Crippen LogP contribution in [0.1, 0.15) is 25.5 Å². The number of benzene rings is 1. The molecule has 2 aromatic heterocycles. The van der Waals surface area contributed by atoms with Gasteiger partial charge in [-0.05, 0) is 25.8 Å². The van der Waals surface area contributed by atoms with E-state index >= 15 is 0 Å². The van der Waals surface area contributed by atoms with Gasteiger partial charge in [0, 0.05) is 24.2 Å². The zero-order chi connectivity index (χ0) is 18.5. The quantitative estimate of drug-likeness (QED) is 0.688. The van der Waals surface area contributed by atoms with E-state index in [4.69, 9.17) is 33.9 Å². The number of aliphatic hydroxyl groups excluding tert-OH is 1. The van der Waals surface area contributed by atoms with E-state index in [0.29, 0.717) is 15.7 Å². The molecule has 1 saturated heterocycles. The Bertz CT molecular complexity index is 958. The molecule has 26 heavy (non-hydrogen) atoms. The van der Waals surface area contributed by atoms with E-state index in [1.807, 2.05) is 12.1 Å². The maximum atomic E-state index is 9.92. The highest BCUT2D eigenvalue weighted by Gasteiger charge is 2.29. The molecule has 0 atom stereocenters. The van der Waals surface area contributed by atoms with Gasteiger partial charge in [-0.3, -0.25) is 0 Å². The van der Waals surface area contributed by atoms with Gasteiger partial charge in [0.1, 0.15) is 10.7 Å². The fraction of sp³-hybridized carbons (Fsp3) is 0.412. The Balaban J connectivity index is 1.73. The first-order valence-electron chi connectivity index (χ1n) is 8.37. The maximum Gasteiger partial charge on any atom is 0.214 e. The highest BCUT2D eigenvalue weighted by atomic mass is 35.5. The largest absolute Gasteiger partial charge is 0.390 e. The van der Waals surface area contributed by atoms with Crippen LogP contribution in [0.25, 0.3) is 15.5 Å². The second-order valence-corrected chi connectivity index (χ2v) is 8.63. The number of rotatable bonds is 3. The molecule has 0 unspecified atom stereocenters. The highest BCUT2D eigenvalue weighted by molar-refractivity contribution is 7.20. The lowest BCUT2D eigenvalue weighted by Gasteiger charge is -2.37. The SMILES string of the molecule is CC1(N)CCN(c2nc3sc(-c4cccc(Cl)c4Cl)nn3c2CO)CC1. The van der Waals surface area contributed by atoms with Gasteiger partial charge in [-0.1, -0.05) is 46.7 Å². The zero-order valence-corrected chi connectivity index (χ0v) is 16.6. The Morgan fingerprint density at radius 3 is 2.73 bits per heavy atom. The molecule has 3 aromatic rings. The topological polar surface area (TPSA) is 79.7 Å². The fourth-order valence-corrected chi connectivity index (χ4v) is 4.57. The molecular weight excluding hydrogens is 393 g/mol. The third kappa shape index (κ3) is 3.08. The molecule has 0 amide bonds. The molecule has 3 N–H and O–H groups in total. The van der Waals surface area contributed by atoms with Crippen molar-refractivity contribution in [2.45, 2.75) is 31.9 Å². The molecule has 0 bridgehead atoms. The smallest absolute Gasteiger partial charge is 0.214 e. The zero-order valence-electron chi connectivity index (χ0n) is 14.2. The summed E-state index contributed by atoms with van der Waals surface area (Å²) in [6.07, 6.45) is 1.78. The molecule has 9 heteroatoms. The molecule has 3 heterocycles. The number of anilines is 1. The van der Waals surface area contributed by atoms with Gasteiger partial charge in [-0.15, -0.1) is 0 Å². The molecule has 138 valence electrons. The summed E-state index contributed by atoms with van der Waals surface area (Å²) < 4.78 is 1.70. The van der Waals surface area contributed by atoms with Gasteiger partial charge in [0.2, 0.25) is 4.96 Å². The molecule has 1 fully saturated rings. The van der Waals surface area contributed by atoms with Crippen molar-refractivity contribution in [2.75, 3.05) is 18.0 Å². The van der Waals surface area contributed by atoms with E-state index in [2.05, 4.69) is 16.9 Å². The average molecular weight is 412 g/mol. The number of hydrogen-bond acceptors (Lipinski definition) is 6. The summed E-state index contributed by atoms with van der Waals surface area (Å²) in [6.45, 7) is 3.57. The van der Waals surface area contributed by atoms with E-state index < -0.39 is 0 Å². The summed E-state index contributed by atoms with van der Waals surface area (Å²) in [5.41, 5.74) is 7.52. The van der Waals surface area contributed by atoms with Crippen molar-refractivity contribution in [1.82, 2.24) is 14.6 Å². The van der Waals surface area contributed by atoms with Crippen LogP contribution in [0.2, 0.25) is 10.0 Å². The van der Waals surface area contributed by atoms with Gasteiger partial charge in [0.25, 0.3) is 0 Å². The van der Waals surface area contributed by atoms with Gasteiger partial charge in [0.05, 0.1) is 16.7 Å². The fourth-order valence-electron chi connectivity index (χ4n) is 3.18. The predicted octanol–water partition coefficient (Wildman–Crippen LogP) is 3.57. The van der Waals surface area contributed by atoms with Gasteiger partial charge in [-0.2, -0.15) is 10.1 Å². The van der Waals surface area contributed by atoms with Crippen LogP contribution in [0.4, 0.5) is 5.82 Å². The predicted molar refractivity (Wildman–Crippen MR) is 106 cm³/mol.